The Hall–Kier alpha value is -9.96. The summed E-state index contributed by atoms with van der Waals surface area (Å²) >= 11 is 0. The Morgan fingerprint density at radius 3 is 0.618 bits per heavy atom. The maximum absolute atomic E-state index is 14.4. The molecule has 6 aliphatic rings. The van der Waals surface area contributed by atoms with Gasteiger partial charge in [0, 0.05) is 0 Å². The smallest absolute Gasteiger partial charge is 0.266 e. The molecule has 0 fully saturated rings. The molecule has 68 heavy (non-hydrogen) atoms. The zero-order valence-corrected chi connectivity index (χ0v) is 34.8. The summed E-state index contributed by atoms with van der Waals surface area (Å²) in [6, 6.07) is 31.6. The molecule has 0 saturated heterocycles. The van der Waals surface area contributed by atoms with Crippen LogP contribution in [-0.2, 0) is 0 Å². The van der Waals surface area contributed by atoms with Crippen LogP contribution in [0.5, 0.6) is 0 Å². The Morgan fingerprint density at radius 1 is 0.265 bits per heavy atom. The van der Waals surface area contributed by atoms with Gasteiger partial charge >= 0.3 is 0 Å². The van der Waals surface area contributed by atoms with Crippen LogP contribution in [0, 0.1) is 0 Å². The highest BCUT2D eigenvalue weighted by Gasteiger charge is 2.43. The molecule has 0 radical (unpaired) electrons. The molecule has 3 aromatic heterocycles. The molecule has 0 spiro atoms. The van der Waals surface area contributed by atoms with E-state index in [1.165, 1.54) is 72.8 Å². The van der Waals surface area contributed by atoms with Crippen molar-refractivity contribution in [2.24, 2.45) is 0 Å². The van der Waals surface area contributed by atoms with E-state index in [0.29, 0.717) is 0 Å². The predicted molar refractivity (Wildman–Crippen MR) is 249 cm³/mol. The molecule has 13 rings (SSSR count). The highest BCUT2D eigenvalue weighted by atomic mass is 16.2. The number of aromatic nitrogens is 4. The fraction of sp³-hybridized carbons (Fsp3) is 0. The van der Waals surface area contributed by atoms with Crippen LogP contribution < -0.4 is 19.6 Å². The van der Waals surface area contributed by atoms with Crippen molar-refractivity contribution in [1.82, 2.24) is 19.9 Å². The lowest BCUT2D eigenvalue weighted by Gasteiger charge is -2.17. The van der Waals surface area contributed by atoms with Crippen LogP contribution >= 0.6 is 0 Å². The van der Waals surface area contributed by atoms with E-state index in [-0.39, 0.29) is 112 Å². The van der Waals surface area contributed by atoms with Gasteiger partial charge in [0.1, 0.15) is 22.7 Å². The van der Waals surface area contributed by atoms with Gasteiger partial charge in [-0.2, -0.15) is 0 Å². The van der Waals surface area contributed by atoms with Gasteiger partial charge in [0.15, 0.2) is 0 Å². The highest BCUT2D eigenvalue weighted by Crippen LogP contribution is 2.43. The first-order valence-electron chi connectivity index (χ1n) is 21.2. The monoisotopic (exact) mass is 890 g/mol. The van der Waals surface area contributed by atoms with Crippen molar-refractivity contribution in [2.75, 3.05) is 19.6 Å². The van der Waals surface area contributed by atoms with E-state index in [1.807, 2.05) is 0 Å². The number of imide groups is 4. The van der Waals surface area contributed by atoms with Gasteiger partial charge in [0.25, 0.3) is 47.3 Å². The minimum Gasteiger partial charge on any atom is -0.352 e. The van der Waals surface area contributed by atoms with E-state index in [2.05, 4.69) is 9.97 Å². The molecule has 16 heteroatoms. The van der Waals surface area contributed by atoms with E-state index in [4.69, 9.17) is 9.97 Å². The number of aromatic amines is 2. The Kier molecular flexibility index (Phi) is 7.80. The van der Waals surface area contributed by atoms with Gasteiger partial charge in [0.2, 0.25) is 0 Å². The molecule has 6 aliphatic heterocycles. The van der Waals surface area contributed by atoms with Crippen LogP contribution in [0.4, 0.5) is 22.7 Å². The lowest BCUT2D eigenvalue weighted by molar-refractivity contribution is 0.0910. The molecule has 4 aromatic carbocycles. The second kappa shape index (κ2) is 13.8. The van der Waals surface area contributed by atoms with Gasteiger partial charge in [-0.15, -0.1) is 0 Å². The number of rotatable bonds is 4. The molecule has 2 N–H and O–H groups in total. The third-order valence-corrected chi connectivity index (χ3v) is 12.7. The molecule has 0 atom stereocenters. The van der Waals surface area contributed by atoms with Gasteiger partial charge in [-0.3, -0.25) is 38.4 Å². The van der Waals surface area contributed by atoms with Crippen LogP contribution in [0.3, 0.4) is 0 Å². The van der Waals surface area contributed by atoms with Crippen LogP contribution in [0.2, 0.25) is 0 Å². The first-order chi connectivity index (χ1) is 33.1. The van der Waals surface area contributed by atoms with Crippen molar-refractivity contribution in [3.63, 3.8) is 0 Å². The maximum Gasteiger partial charge on any atom is 0.266 e. The van der Waals surface area contributed by atoms with Gasteiger partial charge in [-0.25, -0.2) is 29.6 Å². The zero-order chi connectivity index (χ0) is 46.3. The molecule has 0 aliphatic carbocycles. The molecule has 0 saturated carbocycles. The fourth-order valence-electron chi connectivity index (χ4n) is 9.66. The number of fused-ring (bicyclic) bond motifs is 12. The minimum atomic E-state index is -0.655. The number of nitrogens with zero attached hydrogens (tertiary/aromatic N) is 6. The predicted octanol–water partition coefficient (Wildman–Crippen LogP) is 7.86. The van der Waals surface area contributed by atoms with E-state index < -0.39 is 47.3 Å². The van der Waals surface area contributed by atoms with E-state index in [9.17, 15) is 38.4 Å². The largest absolute Gasteiger partial charge is 0.352 e. The number of nitrogens with one attached hydrogen (secondary N) is 2. The third kappa shape index (κ3) is 5.12. The number of amides is 8. The SMILES string of the molecule is O=C1c2ccccc2C(=O)N1c1c2nc(c(N3C(=O)c4ccccc4C3=O)c3ccc([nH]3)c(N3C(=O)c4ccccc4C3=O)c3nc(c(N4C(=O)c5ccccc5C4=O)c4ccc1[nH]4)C=C3)C=C2. The second-order valence-corrected chi connectivity index (χ2v) is 16.4. The van der Waals surface area contributed by atoms with Crippen molar-refractivity contribution >= 4 is 116 Å². The summed E-state index contributed by atoms with van der Waals surface area (Å²) < 4.78 is 0. The van der Waals surface area contributed by atoms with Crippen molar-refractivity contribution in [1.29, 1.82) is 0 Å². The number of carbonyl (C=O) groups is 8. The summed E-state index contributed by atoms with van der Waals surface area (Å²) in [5.41, 5.74) is 1.90. The average molecular weight is 891 g/mol. The first kappa shape index (κ1) is 38.5. The molecule has 322 valence electrons. The molecular formula is C52H26N8O8. The van der Waals surface area contributed by atoms with Gasteiger partial charge in [0.05, 0.1) is 89.4 Å². The highest BCUT2D eigenvalue weighted by molar-refractivity contribution is 6.39. The van der Waals surface area contributed by atoms with E-state index in [0.717, 1.165) is 19.6 Å². The topological polar surface area (TPSA) is 207 Å². The Bertz CT molecular complexity index is 3280. The molecule has 8 bridgehead atoms. The maximum atomic E-state index is 14.4. The Labute approximate surface area is 381 Å². The summed E-state index contributed by atoms with van der Waals surface area (Å²) in [5, 5.41) is 0. The van der Waals surface area contributed by atoms with E-state index in [1.54, 1.807) is 72.8 Å². The molecule has 16 nitrogen and oxygen atoms in total. The van der Waals surface area contributed by atoms with Crippen LogP contribution in [0.15, 0.2) is 121 Å². The van der Waals surface area contributed by atoms with Gasteiger partial charge in [-0.1, -0.05) is 48.5 Å². The molecular weight excluding hydrogens is 865 g/mol. The van der Waals surface area contributed by atoms with Gasteiger partial charge in [-0.05, 0) is 97.1 Å². The lowest BCUT2D eigenvalue weighted by Crippen LogP contribution is -2.31. The number of carbonyl (C=O) groups excluding carboxylic acids is 8. The molecule has 0 unspecified atom stereocenters. The van der Waals surface area contributed by atoms with Gasteiger partial charge < -0.3 is 9.97 Å². The molecule has 9 heterocycles. The number of benzene rings is 4. The minimum absolute atomic E-state index is 0.0196. The fourth-order valence-corrected chi connectivity index (χ4v) is 9.66. The Morgan fingerprint density at radius 2 is 0.441 bits per heavy atom. The number of hydrogen-bond donors (Lipinski definition) is 2. The van der Waals surface area contributed by atoms with Crippen molar-refractivity contribution in [3.05, 3.63) is 189 Å². The van der Waals surface area contributed by atoms with Crippen molar-refractivity contribution in [2.45, 2.75) is 0 Å². The standard InChI is InChI=1S/C52H26N8O8/c61-45-25-9-1-2-10-26(25)46(62)57(45)41-33-17-19-35(53-33)42(58-47(63)27-11-3-4-12-28(27)48(58)64)37-21-23-39(55-37)44(60-51(67)31-15-7-8-16-32(31)52(60)68)40-24-22-38(56-40)43(36-20-18-34(41)54-36)59-49(65)29-13-5-6-14-30(29)50(59)66/h1-24,53,56H. The first-order valence-corrected chi connectivity index (χ1v) is 21.2. The number of hydrogen-bond acceptors (Lipinski definition) is 10. The van der Waals surface area contributed by atoms with Crippen molar-refractivity contribution in [3.8, 4) is 0 Å². The molecule has 8 amide bonds. The Balaban J connectivity index is 1.17. The average Bonchev–Trinajstić information content (AvgIpc) is 4.26. The summed E-state index contributed by atoms with van der Waals surface area (Å²) in [6.07, 6.45) is 6.13. The third-order valence-electron chi connectivity index (χ3n) is 12.7. The second-order valence-electron chi connectivity index (χ2n) is 16.4. The molecule has 7 aromatic rings. The number of H-pyrrole nitrogens is 2. The summed E-state index contributed by atoms with van der Waals surface area (Å²) in [6.45, 7) is 0. The normalized spacial score (nSPS) is 15.6. The van der Waals surface area contributed by atoms with Crippen LogP contribution in [0.25, 0.3) is 46.4 Å². The lowest BCUT2D eigenvalue weighted by atomic mass is 10.1. The van der Waals surface area contributed by atoms with E-state index >= 15 is 0 Å². The summed E-state index contributed by atoms with van der Waals surface area (Å²) in [5.74, 6) is -5.24. The van der Waals surface area contributed by atoms with Crippen LogP contribution in [0.1, 0.15) is 106 Å². The summed E-state index contributed by atoms with van der Waals surface area (Å²) in [7, 11) is 0. The number of anilines is 4. The zero-order valence-electron chi connectivity index (χ0n) is 34.8. The van der Waals surface area contributed by atoms with Crippen molar-refractivity contribution < 1.29 is 38.4 Å². The quantitative estimate of drug-likeness (QED) is 0.164. The van der Waals surface area contributed by atoms with Crippen LogP contribution in [-0.4, -0.2) is 67.2 Å². The summed E-state index contributed by atoms with van der Waals surface area (Å²) in [4.78, 5) is 135.